The average molecular weight is 235 g/mol. The molecule has 2 rings (SSSR count). The fraction of sp³-hybridized carbons (Fsp3) is 0.538. The summed E-state index contributed by atoms with van der Waals surface area (Å²) in [4.78, 5) is 3.87. The van der Waals surface area contributed by atoms with Gasteiger partial charge >= 0.3 is 0 Å². The van der Waals surface area contributed by atoms with Gasteiger partial charge in [0.15, 0.2) is 0 Å². The molecule has 1 saturated heterocycles. The Labute approximate surface area is 101 Å². The van der Waals surface area contributed by atoms with Crippen molar-refractivity contribution in [3.05, 3.63) is 21.9 Å². The molecule has 3 heteroatoms. The number of hydrogen-bond donors (Lipinski definition) is 1. The molecule has 1 aliphatic heterocycles. The molecule has 1 aromatic rings. The monoisotopic (exact) mass is 235 g/mol. The predicted molar refractivity (Wildman–Crippen MR) is 67.3 cm³/mol. The summed E-state index contributed by atoms with van der Waals surface area (Å²) in [7, 11) is 0. The van der Waals surface area contributed by atoms with Gasteiger partial charge in [-0.3, -0.25) is 4.90 Å². The fourth-order valence-electron chi connectivity index (χ4n) is 2.06. The number of nitrogens with zero attached hydrogens (tertiary/aromatic N) is 1. The lowest BCUT2D eigenvalue weighted by Gasteiger charge is -2.13. The molecule has 1 aromatic heterocycles. The van der Waals surface area contributed by atoms with Gasteiger partial charge in [0, 0.05) is 28.9 Å². The van der Waals surface area contributed by atoms with Gasteiger partial charge < -0.3 is 5.11 Å². The Morgan fingerprint density at radius 1 is 1.62 bits per heavy atom. The van der Waals surface area contributed by atoms with Crippen molar-refractivity contribution in [1.82, 2.24) is 4.90 Å². The minimum absolute atomic E-state index is 0.0607. The maximum Gasteiger partial charge on any atom is 0.104 e. The average Bonchev–Trinajstić information content (AvgIpc) is 2.86. The van der Waals surface area contributed by atoms with E-state index in [1.165, 1.54) is 24.4 Å². The van der Waals surface area contributed by atoms with Crippen LogP contribution in [0.4, 0.5) is 0 Å². The van der Waals surface area contributed by atoms with Crippen LogP contribution in [0.15, 0.2) is 11.4 Å². The van der Waals surface area contributed by atoms with E-state index in [1.807, 2.05) is 0 Å². The molecule has 16 heavy (non-hydrogen) atoms. The van der Waals surface area contributed by atoms with E-state index in [9.17, 15) is 0 Å². The van der Waals surface area contributed by atoms with Crippen molar-refractivity contribution in [3.63, 3.8) is 0 Å². The minimum Gasteiger partial charge on any atom is -0.384 e. The molecule has 2 nitrogen and oxygen atoms in total. The van der Waals surface area contributed by atoms with Gasteiger partial charge in [0.05, 0.1) is 0 Å². The quantitative estimate of drug-likeness (QED) is 0.792. The Kier molecular flexibility index (Phi) is 4.00. The largest absolute Gasteiger partial charge is 0.384 e. The van der Waals surface area contributed by atoms with Gasteiger partial charge in [-0.2, -0.15) is 0 Å². The van der Waals surface area contributed by atoms with Crippen molar-refractivity contribution < 1.29 is 5.11 Å². The molecule has 2 heterocycles. The van der Waals surface area contributed by atoms with Crippen molar-refractivity contribution >= 4 is 11.3 Å². The first-order valence-electron chi connectivity index (χ1n) is 5.67. The van der Waals surface area contributed by atoms with E-state index in [4.69, 9.17) is 5.11 Å². The summed E-state index contributed by atoms with van der Waals surface area (Å²) in [6.07, 6.45) is 1.32. The zero-order chi connectivity index (χ0) is 11.4. The second-order valence-corrected chi connectivity index (χ2v) is 5.39. The van der Waals surface area contributed by atoms with Crippen LogP contribution < -0.4 is 0 Å². The number of aliphatic hydroxyl groups is 1. The van der Waals surface area contributed by atoms with Crippen LogP contribution in [0, 0.1) is 17.8 Å². The zero-order valence-corrected chi connectivity index (χ0v) is 10.4. The second kappa shape index (κ2) is 5.49. The normalized spacial score (nSPS) is 20.8. The lowest BCUT2D eigenvalue weighted by Crippen LogP contribution is -2.18. The highest BCUT2D eigenvalue weighted by Crippen LogP contribution is 2.21. The van der Waals surface area contributed by atoms with E-state index < -0.39 is 0 Å². The first-order chi connectivity index (χ1) is 7.78. The molecule has 1 atom stereocenters. The summed E-state index contributed by atoms with van der Waals surface area (Å²) in [5, 5.41) is 10.7. The lowest BCUT2D eigenvalue weighted by atomic mass is 10.2. The van der Waals surface area contributed by atoms with Crippen LogP contribution in [0.1, 0.15) is 23.8 Å². The highest BCUT2D eigenvalue weighted by molar-refractivity contribution is 7.10. The molecule has 0 aromatic carbocycles. The predicted octanol–water partition coefficient (Wildman–Crippen LogP) is 1.93. The van der Waals surface area contributed by atoms with E-state index in [-0.39, 0.29) is 6.61 Å². The molecule has 0 bridgehead atoms. The SMILES string of the molecule is CC1CCN(Cc2cc(C#CCO)cs2)C1. The Morgan fingerprint density at radius 3 is 3.19 bits per heavy atom. The van der Waals surface area contributed by atoms with Crippen LogP contribution in [-0.2, 0) is 6.54 Å². The summed E-state index contributed by atoms with van der Waals surface area (Å²) in [5.74, 6) is 6.46. The van der Waals surface area contributed by atoms with Gasteiger partial charge in [0.2, 0.25) is 0 Å². The number of likely N-dealkylation sites (tertiary alicyclic amines) is 1. The topological polar surface area (TPSA) is 23.5 Å². The molecule has 0 amide bonds. The molecule has 0 radical (unpaired) electrons. The molecular weight excluding hydrogens is 218 g/mol. The van der Waals surface area contributed by atoms with E-state index in [2.05, 4.69) is 35.1 Å². The number of aliphatic hydroxyl groups excluding tert-OH is 1. The van der Waals surface area contributed by atoms with E-state index in [0.29, 0.717) is 0 Å². The summed E-state index contributed by atoms with van der Waals surface area (Å²) in [5.41, 5.74) is 1.03. The summed E-state index contributed by atoms with van der Waals surface area (Å²) >= 11 is 1.76. The zero-order valence-electron chi connectivity index (χ0n) is 9.57. The Hall–Kier alpha value is -0.820. The lowest BCUT2D eigenvalue weighted by molar-refractivity contribution is 0.323. The van der Waals surface area contributed by atoms with Gasteiger partial charge in [0.25, 0.3) is 0 Å². The van der Waals surface area contributed by atoms with Gasteiger partial charge in [-0.05, 0) is 24.9 Å². The number of hydrogen-bond acceptors (Lipinski definition) is 3. The van der Waals surface area contributed by atoms with E-state index >= 15 is 0 Å². The molecule has 1 N–H and O–H groups in total. The summed E-state index contributed by atoms with van der Waals surface area (Å²) < 4.78 is 0. The maximum absolute atomic E-state index is 8.61. The maximum atomic E-state index is 8.61. The highest BCUT2D eigenvalue weighted by Gasteiger charge is 2.18. The van der Waals surface area contributed by atoms with Crippen molar-refractivity contribution in [1.29, 1.82) is 0 Å². The van der Waals surface area contributed by atoms with Crippen LogP contribution in [0.2, 0.25) is 0 Å². The molecule has 0 saturated carbocycles. The third kappa shape index (κ3) is 3.08. The Bertz CT molecular complexity index is 402. The molecule has 1 fully saturated rings. The molecule has 0 spiro atoms. The standard InChI is InChI=1S/C13H17NOS/c1-11-4-5-14(8-11)9-13-7-12(10-16-13)3-2-6-15/h7,10-11,15H,4-6,8-9H2,1H3. The van der Waals surface area contributed by atoms with Crippen LogP contribution in [0.25, 0.3) is 0 Å². The Balaban J connectivity index is 1.92. The number of rotatable bonds is 2. The van der Waals surface area contributed by atoms with Crippen molar-refractivity contribution in [3.8, 4) is 11.8 Å². The van der Waals surface area contributed by atoms with Gasteiger partial charge in [-0.15, -0.1) is 11.3 Å². The van der Waals surface area contributed by atoms with Crippen molar-refractivity contribution in [2.45, 2.75) is 19.9 Å². The van der Waals surface area contributed by atoms with Gasteiger partial charge in [0.1, 0.15) is 6.61 Å². The molecule has 1 aliphatic rings. The Morgan fingerprint density at radius 2 is 2.50 bits per heavy atom. The van der Waals surface area contributed by atoms with E-state index in [0.717, 1.165) is 18.0 Å². The summed E-state index contributed by atoms with van der Waals surface area (Å²) in [6.45, 7) is 5.74. The van der Waals surface area contributed by atoms with Crippen LogP contribution in [0.3, 0.4) is 0 Å². The minimum atomic E-state index is -0.0607. The summed E-state index contributed by atoms with van der Waals surface area (Å²) in [6, 6.07) is 2.14. The molecule has 1 unspecified atom stereocenters. The molecular formula is C13H17NOS. The fourth-order valence-corrected chi connectivity index (χ4v) is 2.92. The first-order valence-corrected chi connectivity index (χ1v) is 6.55. The third-order valence-electron chi connectivity index (χ3n) is 2.85. The van der Waals surface area contributed by atoms with Gasteiger partial charge in [-0.25, -0.2) is 0 Å². The highest BCUT2D eigenvalue weighted by atomic mass is 32.1. The van der Waals surface area contributed by atoms with E-state index in [1.54, 1.807) is 11.3 Å². The van der Waals surface area contributed by atoms with Crippen molar-refractivity contribution in [2.75, 3.05) is 19.7 Å². The smallest absolute Gasteiger partial charge is 0.104 e. The van der Waals surface area contributed by atoms with Crippen LogP contribution in [0.5, 0.6) is 0 Å². The first kappa shape index (κ1) is 11.7. The number of thiophene rings is 1. The van der Waals surface area contributed by atoms with Gasteiger partial charge in [-0.1, -0.05) is 18.8 Å². The molecule has 0 aliphatic carbocycles. The third-order valence-corrected chi connectivity index (χ3v) is 3.77. The molecule has 86 valence electrons. The van der Waals surface area contributed by atoms with Crippen LogP contribution >= 0.6 is 11.3 Å². The van der Waals surface area contributed by atoms with Crippen molar-refractivity contribution in [2.24, 2.45) is 5.92 Å². The van der Waals surface area contributed by atoms with Crippen LogP contribution in [-0.4, -0.2) is 29.7 Å². The second-order valence-electron chi connectivity index (χ2n) is 4.39.